The molecule has 13 heavy (non-hydrogen) atoms. The average molecular weight is 199 g/mol. The summed E-state index contributed by atoms with van der Waals surface area (Å²) in [4.78, 5) is 4.91. The lowest BCUT2D eigenvalue weighted by molar-refractivity contribution is 0.269. The monoisotopic (exact) mass is 199 g/mol. The third-order valence-electron chi connectivity index (χ3n) is 1.82. The summed E-state index contributed by atoms with van der Waals surface area (Å²) in [6, 6.07) is 0. The molecule has 2 rings (SSSR count). The van der Waals surface area contributed by atoms with Crippen LogP contribution < -0.4 is 0 Å². The fourth-order valence-electron chi connectivity index (χ4n) is 1.18. The molecule has 70 valence electrons. The Morgan fingerprint density at radius 2 is 2.15 bits per heavy atom. The van der Waals surface area contributed by atoms with Gasteiger partial charge in [-0.3, -0.25) is 0 Å². The Bertz CT molecular complexity index is 434. The first-order valence-corrected chi connectivity index (χ1v) is 4.63. The number of hydrogen-bond donors (Lipinski definition) is 2. The molecule has 0 saturated carbocycles. The van der Waals surface area contributed by atoms with Gasteiger partial charge in [-0.25, -0.2) is 9.50 Å². The number of aliphatic hydroxyl groups is 2. The van der Waals surface area contributed by atoms with Crippen LogP contribution in [0.25, 0.3) is 4.96 Å². The maximum absolute atomic E-state index is 9.03. The SMILES string of the molecule is Cc1nc2sc(CO)nn2c1CO. The van der Waals surface area contributed by atoms with E-state index in [0.717, 1.165) is 5.69 Å². The van der Waals surface area contributed by atoms with Crippen molar-refractivity contribution in [3.05, 3.63) is 16.4 Å². The van der Waals surface area contributed by atoms with Crippen LogP contribution >= 0.6 is 11.3 Å². The van der Waals surface area contributed by atoms with Crippen molar-refractivity contribution in [1.29, 1.82) is 0 Å². The van der Waals surface area contributed by atoms with E-state index in [1.807, 2.05) is 6.92 Å². The number of imidazole rings is 1. The molecular weight excluding hydrogens is 190 g/mol. The van der Waals surface area contributed by atoms with Gasteiger partial charge in [0.15, 0.2) is 0 Å². The first-order valence-electron chi connectivity index (χ1n) is 3.82. The normalized spacial score (nSPS) is 11.3. The minimum atomic E-state index is -0.0854. The molecule has 0 bridgehead atoms. The first kappa shape index (κ1) is 8.61. The van der Waals surface area contributed by atoms with E-state index in [4.69, 9.17) is 10.2 Å². The molecule has 2 heterocycles. The van der Waals surface area contributed by atoms with Crippen LogP contribution in [-0.2, 0) is 13.2 Å². The predicted molar refractivity (Wildman–Crippen MR) is 47.4 cm³/mol. The van der Waals surface area contributed by atoms with Crippen molar-refractivity contribution < 1.29 is 10.2 Å². The molecule has 2 N–H and O–H groups in total. The zero-order valence-electron chi connectivity index (χ0n) is 7.06. The summed E-state index contributed by atoms with van der Waals surface area (Å²) >= 11 is 1.33. The minimum Gasteiger partial charge on any atom is -0.390 e. The highest BCUT2D eigenvalue weighted by molar-refractivity contribution is 7.16. The van der Waals surface area contributed by atoms with Crippen LogP contribution in [0.3, 0.4) is 0 Å². The summed E-state index contributed by atoms with van der Waals surface area (Å²) in [5.41, 5.74) is 1.47. The van der Waals surface area contributed by atoms with Gasteiger partial charge in [0.25, 0.3) is 0 Å². The number of hydrogen-bond acceptors (Lipinski definition) is 5. The molecule has 0 atom stereocenters. The molecule has 2 aromatic heterocycles. The van der Waals surface area contributed by atoms with E-state index in [2.05, 4.69) is 10.1 Å². The molecule has 0 aliphatic rings. The van der Waals surface area contributed by atoms with Gasteiger partial charge in [-0.05, 0) is 6.92 Å². The molecule has 5 nitrogen and oxygen atoms in total. The third kappa shape index (κ3) is 1.23. The van der Waals surface area contributed by atoms with Crippen LogP contribution in [-0.4, -0.2) is 24.8 Å². The maximum atomic E-state index is 9.03. The molecule has 0 amide bonds. The average Bonchev–Trinajstić information content (AvgIpc) is 2.60. The van der Waals surface area contributed by atoms with Gasteiger partial charge in [0.05, 0.1) is 24.6 Å². The summed E-state index contributed by atoms with van der Waals surface area (Å²) in [6.45, 7) is 1.66. The smallest absolute Gasteiger partial charge is 0.212 e. The fraction of sp³-hybridized carbons (Fsp3) is 0.429. The van der Waals surface area contributed by atoms with Crippen LogP contribution in [0.2, 0.25) is 0 Å². The molecule has 0 spiro atoms. The molecule has 0 unspecified atom stereocenters. The molecule has 0 fully saturated rings. The van der Waals surface area contributed by atoms with Crippen molar-refractivity contribution in [2.45, 2.75) is 20.1 Å². The van der Waals surface area contributed by atoms with Crippen LogP contribution in [0.1, 0.15) is 16.4 Å². The Morgan fingerprint density at radius 1 is 1.38 bits per heavy atom. The van der Waals surface area contributed by atoms with Gasteiger partial charge in [-0.1, -0.05) is 11.3 Å². The largest absolute Gasteiger partial charge is 0.390 e. The van der Waals surface area contributed by atoms with Crippen LogP contribution in [0.5, 0.6) is 0 Å². The van der Waals surface area contributed by atoms with Gasteiger partial charge < -0.3 is 10.2 Å². The zero-order chi connectivity index (χ0) is 9.42. The number of fused-ring (bicyclic) bond motifs is 1. The lowest BCUT2D eigenvalue weighted by Crippen LogP contribution is -1.96. The Hall–Kier alpha value is -0.980. The molecule has 0 aliphatic carbocycles. The molecule has 0 saturated heterocycles. The summed E-state index contributed by atoms with van der Waals surface area (Å²) in [6.07, 6.45) is 0. The molecule has 6 heteroatoms. The van der Waals surface area contributed by atoms with Crippen molar-refractivity contribution in [2.24, 2.45) is 0 Å². The van der Waals surface area contributed by atoms with E-state index in [1.54, 1.807) is 4.52 Å². The van der Waals surface area contributed by atoms with E-state index in [1.165, 1.54) is 11.3 Å². The summed E-state index contributed by atoms with van der Waals surface area (Å²) in [5, 5.41) is 22.6. The van der Waals surface area contributed by atoms with Crippen molar-refractivity contribution >= 4 is 16.3 Å². The standard InChI is InChI=1S/C7H9N3O2S/c1-4-5(2-11)10-7(8-4)13-6(3-12)9-10/h11-12H,2-3H2,1H3. The Balaban J connectivity index is 2.66. The second-order valence-corrected chi connectivity index (χ2v) is 3.69. The first-order chi connectivity index (χ1) is 6.26. The second kappa shape index (κ2) is 3.06. The third-order valence-corrected chi connectivity index (χ3v) is 2.72. The number of rotatable bonds is 2. The Kier molecular flexibility index (Phi) is 2.03. The van der Waals surface area contributed by atoms with Gasteiger partial charge in [-0.2, -0.15) is 5.10 Å². The zero-order valence-corrected chi connectivity index (χ0v) is 7.88. The second-order valence-electron chi connectivity index (χ2n) is 2.65. The number of nitrogens with zero attached hydrogens (tertiary/aromatic N) is 3. The maximum Gasteiger partial charge on any atom is 0.212 e. The highest BCUT2D eigenvalue weighted by Crippen LogP contribution is 2.18. The van der Waals surface area contributed by atoms with E-state index in [0.29, 0.717) is 15.7 Å². The number of aromatic nitrogens is 3. The van der Waals surface area contributed by atoms with E-state index >= 15 is 0 Å². The fourth-order valence-corrected chi connectivity index (χ4v) is 1.99. The van der Waals surface area contributed by atoms with Crippen molar-refractivity contribution in [2.75, 3.05) is 0 Å². The van der Waals surface area contributed by atoms with Crippen molar-refractivity contribution in [3.8, 4) is 0 Å². The molecule has 0 radical (unpaired) electrons. The summed E-state index contributed by atoms with van der Waals surface area (Å²) in [5.74, 6) is 0. The topological polar surface area (TPSA) is 70.7 Å². The summed E-state index contributed by atoms with van der Waals surface area (Å²) in [7, 11) is 0. The highest BCUT2D eigenvalue weighted by atomic mass is 32.1. The lowest BCUT2D eigenvalue weighted by Gasteiger charge is -1.92. The van der Waals surface area contributed by atoms with Crippen LogP contribution in [0, 0.1) is 6.92 Å². The molecule has 2 aromatic rings. The number of aryl methyl sites for hydroxylation is 1. The molecule has 0 aromatic carbocycles. The van der Waals surface area contributed by atoms with Gasteiger partial charge in [0.1, 0.15) is 5.01 Å². The lowest BCUT2D eigenvalue weighted by atomic mass is 10.4. The van der Waals surface area contributed by atoms with Crippen molar-refractivity contribution in [3.63, 3.8) is 0 Å². The minimum absolute atomic E-state index is 0.0817. The molecular formula is C7H9N3O2S. The van der Waals surface area contributed by atoms with E-state index in [9.17, 15) is 0 Å². The molecule has 0 aliphatic heterocycles. The van der Waals surface area contributed by atoms with Crippen LogP contribution in [0.4, 0.5) is 0 Å². The van der Waals surface area contributed by atoms with Gasteiger partial charge >= 0.3 is 0 Å². The number of aliphatic hydroxyl groups excluding tert-OH is 2. The Morgan fingerprint density at radius 3 is 2.77 bits per heavy atom. The van der Waals surface area contributed by atoms with E-state index < -0.39 is 0 Å². The van der Waals surface area contributed by atoms with Crippen molar-refractivity contribution in [1.82, 2.24) is 14.6 Å². The van der Waals surface area contributed by atoms with Gasteiger partial charge in [-0.15, -0.1) is 0 Å². The van der Waals surface area contributed by atoms with Gasteiger partial charge in [0, 0.05) is 0 Å². The summed E-state index contributed by atoms with van der Waals surface area (Å²) < 4.78 is 1.57. The van der Waals surface area contributed by atoms with Crippen LogP contribution in [0.15, 0.2) is 0 Å². The Labute approximate surface area is 78.3 Å². The van der Waals surface area contributed by atoms with E-state index in [-0.39, 0.29) is 13.2 Å². The predicted octanol–water partition coefficient (Wildman–Crippen LogP) is 0.0838. The highest BCUT2D eigenvalue weighted by Gasteiger charge is 2.11. The van der Waals surface area contributed by atoms with Gasteiger partial charge in [0.2, 0.25) is 4.96 Å². The quantitative estimate of drug-likeness (QED) is 0.718.